The highest BCUT2D eigenvalue weighted by Crippen LogP contribution is 2.32. The Hall–Kier alpha value is -2.37. The smallest absolute Gasteiger partial charge is 0.255 e. The van der Waals surface area contributed by atoms with Crippen LogP contribution < -0.4 is 16.0 Å². The van der Waals surface area contributed by atoms with Crippen LogP contribution in [0.1, 0.15) is 29.7 Å². The average Bonchev–Trinajstić information content (AvgIpc) is 2.57. The molecule has 134 valence electrons. The molecule has 0 saturated heterocycles. The zero-order valence-electron chi connectivity index (χ0n) is 14.8. The zero-order valence-corrected chi connectivity index (χ0v) is 16.4. The normalized spacial score (nSPS) is 16.8. The topological polar surface area (TPSA) is 53.2 Å². The van der Waals surface area contributed by atoms with Crippen molar-refractivity contribution in [1.29, 1.82) is 0 Å². The molecule has 1 atom stereocenters. The summed E-state index contributed by atoms with van der Waals surface area (Å²) in [6, 6.07) is 13.0. The lowest BCUT2D eigenvalue weighted by atomic mass is 9.94. The van der Waals surface area contributed by atoms with Crippen LogP contribution in [0.25, 0.3) is 0 Å². The molecule has 0 aliphatic carbocycles. The van der Waals surface area contributed by atoms with Crippen molar-refractivity contribution in [2.75, 3.05) is 5.32 Å². The molecule has 0 fully saturated rings. The number of carbonyl (C=O) groups excluding carboxylic acids is 1. The summed E-state index contributed by atoms with van der Waals surface area (Å²) in [6.07, 6.45) is 0. The lowest BCUT2D eigenvalue weighted by Crippen LogP contribution is -2.45. The molecule has 0 unspecified atom stereocenters. The number of hydrogen-bond acceptors (Lipinski definition) is 2. The highest BCUT2D eigenvalue weighted by atomic mass is 35.5. The molecule has 6 heteroatoms. The van der Waals surface area contributed by atoms with Crippen LogP contribution in [-0.2, 0) is 4.79 Å². The first-order chi connectivity index (χ1) is 12.4. The van der Waals surface area contributed by atoms with Gasteiger partial charge in [0.05, 0.1) is 11.6 Å². The number of rotatable bonds is 3. The minimum atomic E-state index is -0.414. The fourth-order valence-electron chi connectivity index (χ4n) is 3.08. The third kappa shape index (κ3) is 3.74. The molecule has 2 aromatic carbocycles. The summed E-state index contributed by atoms with van der Waals surface area (Å²) in [7, 11) is 0. The van der Waals surface area contributed by atoms with Crippen LogP contribution in [-0.4, -0.2) is 11.0 Å². The number of aryl methyl sites for hydroxylation is 2. The van der Waals surface area contributed by atoms with E-state index in [2.05, 4.69) is 16.0 Å². The van der Waals surface area contributed by atoms with Gasteiger partial charge in [-0.3, -0.25) is 4.79 Å². The third-order valence-corrected chi connectivity index (χ3v) is 4.92. The largest absolute Gasteiger partial charge is 0.351 e. The van der Waals surface area contributed by atoms with Gasteiger partial charge in [0.15, 0.2) is 5.11 Å². The van der Waals surface area contributed by atoms with Gasteiger partial charge in [0.2, 0.25) is 0 Å². The molecule has 1 aliphatic heterocycles. The van der Waals surface area contributed by atoms with Crippen molar-refractivity contribution < 1.29 is 4.79 Å². The van der Waals surface area contributed by atoms with Crippen LogP contribution >= 0.6 is 23.8 Å². The summed E-state index contributed by atoms with van der Waals surface area (Å²) < 4.78 is 0. The predicted molar refractivity (Wildman–Crippen MR) is 110 cm³/mol. The van der Waals surface area contributed by atoms with E-state index in [-0.39, 0.29) is 5.91 Å². The standard InChI is InChI=1S/C20H20ClN3OS/c1-11-8-9-16(12(2)10-11)23-19(25)17-13(3)22-20(26)24-18(17)14-6-4-5-7-15(14)21/h4-10,18H,1-3H3,(H,23,25)(H2,22,24,26)/t18-/m0/s1. The van der Waals surface area contributed by atoms with Crippen molar-refractivity contribution in [1.82, 2.24) is 10.6 Å². The van der Waals surface area contributed by atoms with E-state index in [4.69, 9.17) is 23.8 Å². The first kappa shape index (κ1) is 18.4. The number of hydrogen-bond donors (Lipinski definition) is 3. The molecular weight excluding hydrogens is 366 g/mol. The Bertz CT molecular complexity index is 923. The second-order valence-electron chi connectivity index (χ2n) is 6.36. The number of benzene rings is 2. The minimum absolute atomic E-state index is 0.193. The maximum absolute atomic E-state index is 13.1. The van der Waals surface area contributed by atoms with Gasteiger partial charge >= 0.3 is 0 Å². The Morgan fingerprint density at radius 3 is 2.58 bits per heavy atom. The Morgan fingerprint density at radius 2 is 1.88 bits per heavy atom. The molecule has 0 saturated carbocycles. The lowest BCUT2D eigenvalue weighted by Gasteiger charge is -2.31. The van der Waals surface area contributed by atoms with Crippen molar-refractivity contribution in [2.45, 2.75) is 26.8 Å². The number of halogens is 1. The molecule has 0 spiro atoms. The van der Waals surface area contributed by atoms with Crippen molar-refractivity contribution in [3.8, 4) is 0 Å². The molecular formula is C20H20ClN3OS. The lowest BCUT2D eigenvalue weighted by molar-refractivity contribution is -0.113. The molecule has 1 aliphatic rings. The fraction of sp³-hybridized carbons (Fsp3) is 0.200. The van der Waals surface area contributed by atoms with Gasteiger partial charge in [0.1, 0.15) is 0 Å². The number of carbonyl (C=O) groups is 1. The van der Waals surface area contributed by atoms with Crippen LogP contribution in [0.2, 0.25) is 5.02 Å². The monoisotopic (exact) mass is 385 g/mol. The van der Waals surface area contributed by atoms with Crippen molar-refractivity contribution >= 4 is 40.5 Å². The molecule has 0 bridgehead atoms. The van der Waals surface area contributed by atoms with Gasteiger partial charge in [-0.2, -0.15) is 0 Å². The molecule has 4 nitrogen and oxygen atoms in total. The molecule has 2 aromatic rings. The second-order valence-corrected chi connectivity index (χ2v) is 7.18. The van der Waals surface area contributed by atoms with Gasteiger partial charge in [-0.05, 0) is 56.2 Å². The molecule has 26 heavy (non-hydrogen) atoms. The van der Waals surface area contributed by atoms with Gasteiger partial charge in [-0.15, -0.1) is 0 Å². The first-order valence-corrected chi connectivity index (χ1v) is 9.06. The molecule has 3 N–H and O–H groups in total. The fourth-order valence-corrected chi connectivity index (χ4v) is 3.60. The van der Waals surface area contributed by atoms with E-state index in [9.17, 15) is 4.79 Å². The molecule has 0 radical (unpaired) electrons. The van der Waals surface area contributed by atoms with Crippen molar-refractivity contribution in [3.05, 3.63) is 75.4 Å². The number of anilines is 1. The summed E-state index contributed by atoms with van der Waals surface area (Å²) in [5, 5.41) is 10.3. The van der Waals surface area contributed by atoms with E-state index in [0.29, 0.717) is 21.4 Å². The maximum Gasteiger partial charge on any atom is 0.255 e. The summed E-state index contributed by atoms with van der Waals surface area (Å²) in [5.74, 6) is -0.193. The Balaban J connectivity index is 1.98. The van der Waals surface area contributed by atoms with E-state index in [1.54, 1.807) is 6.07 Å². The van der Waals surface area contributed by atoms with Crippen LogP contribution in [0.4, 0.5) is 5.69 Å². The summed E-state index contributed by atoms with van der Waals surface area (Å²) in [4.78, 5) is 13.1. The second kappa shape index (κ2) is 7.48. The molecule has 0 aromatic heterocycles. The van der Waals surface area contributed by atoms with Crippen LogP contribution in [0.15, 0.2) is 53.7 Å². The quantitative estimate of drug-likeness (QED) is 0.686. The molecule has 1 heterocycles. The van der Waals surface area contributed by atoms with Crippen molar-refractivity contribution in [2.24, 2.45) is 0 Å². The van der Waals surface area contributed by atoms with E-state index < -0.39 is 6.04 Å². The van der Waals surface area contributed by atoms with Crippen LogP contribution in [0.3, 0.4) is 0 Å². The van der Waals surface area contributed by atoms with Gasteiger partial charge in [-0.25, -0.2) is 0 Å². The van der Waals surface area contributed by atoms with Crippen LogP contribution in [0.5, 0.6) is 0 Å². The van der Waals surface area contributed by atoms with Gasteiger partial charge < -0.3 is 16.0 Å². The van der Waals surface area contributed by atoms with Gasteiger partial charge in [-0.1, -0.05) is 47.5 Å². The van der Waals surface area contributed by atoms with Crippen LogP contribution in [0, 0.1) is 13.8 Å². The predicted octanol–water partition coefficient (Wildman–Crippen LogP) is 4.39. The summed E-state index contributed by atoms with van der Waals surface area (Å²) >= 11 is 11.6. The van der Waals surface area contributed by atoms with E-state index in [1.165, 1.54) is 0 Å². The highest BCUT2D eigenvalue weighted by Gasteiger charge is 2.31. The van der Waals surface area contributed by atoms with Gasteiger partial charge in [0, 0.05) is 16.4 Å². The molecule has 1 amide bonds. The van der Waals surface area contributed by atoms with E-state index in [1.807, 2.05) is 57.2 Å². The number of nitrogens with one attached hydrogen (secondary N) is 3. The third-order valence-electron chi connectivity index (χ3n) is 4.36. The number of allylic oxidation sites excluding steroid dienone is 1. The maximum atomic E-state index is 13.1. The summed E-state index contributed by atoms with van der Waals surface area (Å²) in [5.41, 5.74) is 5.03. The van der Waals surface area contributed by atoms with Gasteiger partial charge in [0.25, 0.3) is 5.91 Å². The molecule has 3 rings (SSSR count). The van der Waals surface area contributed by atoms with Crippen molar-refractivity contribution in [3.63, 3.8) is 0 Å². The Morgan fingerprint density at radius 1 is 1.15 bits per heavy atom. The average molecular weight is 386 g/mol. The zero-order chi connectivity index (χ0) is 18.8. The summed E-state index contributed by atoms with van der Waals surface area (Å²) in [6.45, 7) is 5.84. The van der Waals surface area contributed by atoms with E-state index in [0.717, 1.165) is 22.4 Å². The minimum Gasteiger partial charge on any atom is -0.351 e. The Kier molecular flexibility index (Phi) is 5.30. The SMILES string of the molecule is CC1=C(C(=O)Nc2ccc(C)cc2C)[C@H](c2ccccc2Cl)NC(=S)N1. The number of amides is 1. The number of thiocarbonyl (C=S) groups is 1. The first-order valence-electron chi connectivity index (χ1n) is 8.28. The Labute approximate surface area is 163 Å². The van der Waals surface area contributed by atoms with E-state index >= 15 is 0 Å². The highest BCUT2D eigenvalue weighted by molar-refractivity contribution is 7.80.